The van der Waals surface area contributed by atoms with E-state index >= 15 is 0 Å². The van der Waals surface area contributed by atoms with Gasteiger partial charge in [0.1, 0.15) is 0 Å². The maximum atomic E-state index is 12.2. The van der Waals surface area contributed by atoms with Crippen molar-refractivity contribution in [3.05, 3.63) is 0 Å². The third-order valence-electron chi connectivity index (χ3n) is 4.94. The molecule has 0 radical (unpaired) electrons. The SMILES string of the molecule is CCCCCCCCCCCCCCS(=O)(=O)NCC(C)(C)C[N+](C)(C)C.[I-]. The summed E-state index contributed by atoms with van der Waals surface area (Å²) in [5, 5.41) is 0. The summed E-state index contributed by atoms with van der Waals surface area (Å²) < 4.78 is 28.1. The van der Waals surface area contributed by atoms with Crippen LogP contribution < -0.4 is 28.7 Å². The molecule has 0 spiro atoms. The van der Waals surface area contributed by atoms with E-state index in [1.807, 2.05) is 0 Å². The predicted molar refractivity (Wildman–Crippen MR) is 120 cm³/mol. The highest BCUT2D eigenvalue weighted by Gasteiger charge is 2.27. The Morgan fingerprint density at radius 3 is 1.54 bits per heavy atom. The molecular weight excluding hydrogens is 483 g/mol. The average molecular weight is 533 g/mol. The number of hydrogen-bond donors (Lipinski definition) is 1. The fraction of sp³-hybridized carbons (Fsp3) is 1.00. The van der Waals surface area contributed by atoms with E-state index in [4.69, 9.17) is 0 Å². The molecule has 0 atom stereocenters. The van der Waals surface area contributed by atoms with E-state index in [9.17, 15) is 8.42 Å². The average Bonchev–Trinajstić information content (AvgIpc) is 2.52. The first-order valence-electron chi connectivity index (χ1n) is 11.3. The maximum absolute atomic E-state index is 12.2. The minimum Gasteiger partial charge on any atom is -1.00 e. The third kappa shape index (κ3) is 21.3. The highest BCUT2D eigenvalue weighted by molar-refractivity contribution is 7.89. The van der Waals surface area contributed by atoms with E-state index in [0.29, 0.717) is 6.54 Å². The molecule has 0 aromatic rings. The molecule has 0 aromatic carbocycles. The van der Waals surface area contributed by atoms with Gasteiger partial charge < -0.3 is 28.5 Å². The Hall–Kier alpha value is 0.600. The molecule has 0 unspecified atom stereocenters. The quantitative estimate of drug-likeness (QED) is 0.167. The molecule has 172 valence electrons. The topological polar surface area (TPSA) is 46.2 Å². The van der Waals surface area contributed by atoms with Crippen LogP contribution >= 0.6 is 0 Å². The number of quaternary nitrogens is 1. The van der Waals surface area contributed by atoms with Crippen molar-refractivity contribution in [3.63, 3.8) is 0 Å². The lowest BCUT2D eigenvalue weighted by Gasteiger charge is -2.34. The number of nitrogens with one attached hydrogen (secondary N) is 1. The lowest BCUT2D eigenvalue weighted by atomic mass is 9.93. The van der Waals surface area contributed by atoms with Gasteiger partial charge in [0.15, 0.2) is 0 Å². The lowest BCUT2D eigenvalue weighted by molar-refractivity contribution is -0.876. The summed E-state index contributed by atoms with van der Waals surface area (Å²) in [6.07, 6.45) is 15.1. The van der Waals surface area contributed by atoms with E-state index in [-0.39, 0.29) is 35.1 Å². The molecule has 28 heavy (non-hydrogen) atoms. The van der Waals surface area contributed by atoms with E-state index < -0.39 is 10.0 Å². The minimum atomic E-state index is -3.14. The Morgan fingerprint density at radius 2 is 1.14 bits per heavy atom. The largest absolute Gasteiger partial charge is 1.00 e. The Kier molecular flexibility index (Phi) is 17.9. The lowest BCUT2D eigenvalue weighted by Crippen LogP contribution is -3.00. The first-order chi connectivity index (χ1) is 12.5. The van der Waals surface area contributed by atoms with Crippen LogP contribution in [0.25, 0.3) is 0 Å². The summed E-state index contributed by atoms with van der Waals surface area (Å²) in [4.78, 5) is 0. The molecule has 0 heterocycles. The number of hydrogen-bond acceptors (Lipinski definition) is 2. The van der Waals surface area contributed by atoms with Gasteiger partial charge in [-0.15, -0.1) is 0 Å². The van der Waals surface area contributed by atoms with Crippen LogP contribution in [-0.4, -0.2) is 52.9 Å². The molecule has 6 heteroatoms. The highest BCUT2D eigenvalue weighted by atomic mass is 127. The normalized spacial score (nSPS) is 12.8. The van der Waals surface area contributed by atoms with Gasteiger partial charge in [0.05, 0.1) is 33.4 Å². The van der Waals surface area contributed by atoms with Crippen LogP contribution in [0.2, 0.25) is 0 Å². The van der Waals surface area contributed by atoms with E-state index in [1.165, 1.54) is 64.2 Å². The summed E-state index contributed by atoms with van der Waals surface area (Å²) in [7, 11) is 3.28. The standard InChI is InChI=1S/C22H49N2O2S.HI/c1-7-8-9-10-11-12-13-14-15-16-17-18-19-27(25,26)23-20-22(2,3)21-24(4,5)6;/h23H,7-21H2,1-6H3;1H/q+1;/p-1. The second-order valence-corrected chi connectivity index (χ2v) is 12.1. The molecule has 0 amide bonds. The van der Waals surface area contributed by atoms with Gasteiger partial charge in [-0.05, 0) is 6.42 Å². The molecule has 0 aliphatic heterocycles. The number of halogens is 1. The molecule has 0 bridgehead atoms. The Balaban J connectivity index is 0. The van der Waals surface area contributed by atoms with Gasteiger partial charge in [-0.25, -0.2) is 13.1 Å². The van der Waals surface area contributed by atoms with Crippen molar-refractivity contribution >= 4 is 10.0 Å². The van der Waals surface area contributed by atoms with Crippen LogP contribution in [0.3, 0.4) is 0 Å². The van der Waals surface area contributed by atoms with Crippen LogP contribution in [0.1, 0.15) is 97.8 Å². The molecule has 1 N–H and O–H groups in total. The molecular formula is C22H49IN2O2S. The zero-order valence-corrected chi connectivity index (χ0v) is 22.6. The molecule has 0 saturated carbocycles. The summed E-state index contributed by atoms with van der Waals surface area (Å²) >= 11 is 0. The van der Waals surface area contributed by atoms with Crippen LogP contribution in [-0.2, 0) is 10.0 Å². The van der Waals surface area contributed by atoms with Crippen LogP contribution in [0.5, 0.6) is 0 Å². The second-order valence-electron chi connectivity index (χ2n) is 10.1. The van der Waals surface area contributed by atoms with Crippen molar-refractivity contribution in [1.82, 2.24) is 4.72 Å². The van der Waals surface area contributed by atoms with Crippen molar-refractivity contribution in [2.75, 3.05) is 40.0 Å². The second kappa shape index (κ2) is 16.3. The maximum Gasteiger partial charge on any atom is 0.211 e. The van der Waals surface area contributed by atoms with E-state index in [0.717, 1.165) is 23.9 Å². The highest BCUT2D eigenvalue weighted by Crippen LogP contribution is 2.18. The van der Waals surface area contributed by atoms with Gasteiger partial charge in [0.25, 0.3) is 0 Å². The number of sulfonamides is 1. The van der Waals surface area contributed by atoms with Gasteiger partial charge >= 0.3 is 0 Å². The van der Waals surface area contributed by atoms with Crippen LogP contribution in [0.4, 0.5) is 0 Å². The Labute approximate surface area is 194 Å². The van der Waals surface area contributed by atoms with Gasteiger partial charge in [0, 0.05) is 12.0 Å². The van der Waals surface area contributed by atoms with Gasteiger partial charge in [0.2, 0.25) is 10.0 Å². The molecule has 0 fully saturated rings. The van der Waals surface area contributed by atoms with E-state index in [2.05, 4.69) is 46.6 Å². The predicted octanol–water partition coefficient (Wildman–Crippen LogP) is 2.34. The molecule has 0 saturated heterocycles. The van der Waals surface area contributed by atoms with Crippen LogP contribution in [0.15, 0.2) is 0 Å². The van der Waals surface area contributed by atoms with Crippen molar-refractivity contribution in [2.24, 2.45) is 5.41 Å². The van der Waals surface area contributed by atoms with Gasteiger partial charge in [-0.3, -0.25) is 0 Å². The Morgan fingerprint density at radius 1 is 0.750 bits per heavy atom. The molecule has 0 rings (SSSR count). The first kappa shape index (κ1) is 30.8. The number of unbranched alkanes of at least 4 members (excludes halogenated alkanes) is 11. The fourth-order valence-corrected chi connectivity index (χ4v) is 5.19. The van der Waals surface area contributed by atoms with Gasteiger partial charge in [-0.1, -0.05) is 91.4 Å². The molecule has 4 nitrogen and oxygen atoms in total. The smallest absolute Gasteiger partial charge is 0.211 e. The van der Waals surface area contributed by atoms with Crippen molar-refractivity contribution < 1.29 is 36.9 Å². The molecule has 0 aliphatic carbocycles. The summed E-state index contributed by atoms with van der Waals surface area (Å²) in [5.74, 6) is 0.269. The van der Waals surface area contributed by atoms with Crippen molar-refractivity contribution in [2.45, 2.75) is 97.8 Å². The first-order valence-corrected chi connectivity index (χ1v) is 12.9. The minimum absolute atomic E-state index is 0. The summed E-state index contributed by atoms with van der Waals surface area (Å²) in [6, 6.07) is 0. The number of nitrogens with zero attached hydrogens (tertiary/aromatic N) is 1. The molecule has 0 aliphatic rings. The Bertz CT molecular complexity index is 460. The van der Waals surface area contributed by atoms with Crippen molar-refractivity contribution in [3.8, 4) is 0 Å². The third-order valence-corrected chi connectivity index (χ3v) is 6.35. The summed E-state index contributed by atoms with van der Waals surface area (Å²) in [5.41, 5.74) is -0.0398. The zero-order valence-electron chi connectivity index (χ0n) is 19.7. The van der Waals surface area contributed by atoms with E-state index in [1.54, 1.807) is 0 Å². The van der Waals surface area contributed by atoms with Gasteiger partial charge in [-0.2, -0.15) is 0 Å². The summed E-state index contributed by atoms with van der Waals surface area (Å²) in [6.45, 7) is 7.97. The monoisotopic (exact) mass is 532 g/mol. The fourth-order valence-electron chi connectivity index (χ4n) is 3.85. The van der Waals surface area contributed by atoms with Crippen molar-refractivity contribution in [1.29, 1.82) is 0 Å². The number of rotatable bonds is 18. The van der Waals surface area contributed by atoms with Crippen LogP contribution in [0, 0.1) is 5.41 Å². The molecule has 0 aromatic heterocycles. The zero-order chi connectivity index (χ0) is 20.8.